The van der Waals surface area contributed by atoms with Crippen molar-refractivity contribution >= 4 is 45.0 Å². The van der Waals surface area contributed by atoms with Crippen LogP contribution < -0.4 is 10.6 Å². The van der Waals surface area contributed by atoms with Gasteiger partial charge in [-0.3, -0.25) is 29.4 Å². The van der Waals surface area contributed by atoms with Crippen LogP contribution in [0.15, 0.2) is 60.9 Å². The van der Waals surface area contributed by atoms with Gasteiger partial charge >= 0.3 is 0 Å². The first-order valence-corrected chi connectivity index (χ1v) is 22.5. The Bertz CT molecular complexity index is 1910. The number of carbonyl (C=O) groups excluding carboxylic acids is 2. The van der Waals surface area contributed by atoms with Gasteiger partial charge in [-0.1, -0.05) is 76.6 Å². The number of para-hydroxylation sites is 2. The molecule has 0 saturated carbocycles. The number of rotatable bonds is 17. The van der Waals surface area contributed by atoms with Gasteiger partial charge in [0, 0.05) is 61.2 Å². The Kier molecular flexibility index (Phi) is 13.0. The first kappa shape index (κ1) is 40.8. The molecule has 6 aliphatic heterocycles. The highest BCUT2D eigenvalue weighted by molar-refractivity contribution is 6.02. The summed E-state index contributed by atoms with van der Waals surface area (Å²) in [5.74, 6) is 2.80. The van der Waals surface area contributed by atoms with Crippen molar-refractivity contribution in [1.82, 2.24) is 19.8 Å². The molecule has 4 bridgehead atoms. The zero-order chi connectivity index (χ0) is 40.2. The van der Waals surface area contributed by atoms with Gasteiger partial charge < -0.3 is 20.8 Å². The van der Waals surface area contributed by atoms with Gasteiger partial charge in [-0.15, -0.1) is 0 Å². The van der Waals surface area contributed by atoms with E-state index in [4.69, 9.17) is 0 Å². The second-order valence-corrected chi connectivity index (χ2v) is 17.8. The highest BCUT2D eigenvalue weighted by atomic mass is 16.3. The number of piperidine rings is 6. The van der Waals surface area contributed by atoms with Gasteiger partial charge in [-0.2, -0.15) is 0 Å². The van der Waals surface area contributed by atoms with Crippen molar-refractivity contribution in [3.8, 4) is 0 Å². The Labute approximate surface area is 344 Å². The Morgan fingerprint density at radius 3 is 1.48 bits per heavy atom. The van der Waals surface area contributed by atoms with Crippen molar-refractivity contribution < 1.29 is 19.8 Å². The van der Waals surface area contributed by atoms with E-state index in [1.807, 2.05) is 48.5 Å². The molecule has 310 valence electrons. The molecular weight excluding hydrogens is 725 g/mol. The predicted molar refractivity (Wildman–Crippen MR) is 231 cm³/mol. The number of carbonyl (C=O) groups is 2. The maximum Gasteiger partial charge on any atom is 0.224 e. The first-order chi connectivity index (χ1) is 28.3. The van der Waals surface area contributed by atoms with E-state index >= 15 is 0 Å². The zero-order valence-corrected chi connectivity index (χ0v) is 34.6. The molecule has 8 heterocycles. The minimum Gasteiger partial charge on any atom is -0.387 e. The van der Waals surface area contributed by atoms with E-state index in [9.17, 15) is 19.8 Å². The molecule has 0 spiro atoms. The van der Waals surface area contributed by atoms with E-state index in [0.717, 1.165) is 122 Å². The van der Waals surface area contributed by atoms with Crippen molar-refractivity contribution in [2.24, 2.45) is 23.7 Å². The number of nitrogens with one attached hydrogen (secondary N) is 2. The summed E-state index contributed by atoms with van der Waals surface area (Å²) in [6, 6.07) is 15.8. The normalized spacial score (nSPS) is 27.4. The Hall–Kier alpha value is -3.96. The summed E-state index contributed by atoms with van der Waals surface area (Å²) in [7, 11) is 0. The number of pyridine rings is 2. The number of aliphatic hydroxyl groups is 2. The van der Waals surface area contributed by atoms with Crippen molar-refractivity contribution in [3.05, 3.63) is 72.1 Å². The van der Waals surface area contributed by atoms with Gasteiger partial charge in [-0.25, -0.2) is 0 Å². The largest absolute Gasteiger partial charge is 0.387 e. The van der Waals surface area contributed by atoms with Gasteiger partial charge in [0.15, 0.2) is 0 Å². The quantitative estimate of drug-likeness (QED) is 0.0782. The van der Waals surface area contributed by atoms with E-state index in [1.165, 1.54) is 25.7 Å². The fraction of sp³-hybridized carbons (Fsp3) is 0.583. The van der Waals surface area contributed by atoms with Crippen LogP contribution in [0.2, 0.25) is 0 Å². The van der Waals surface area contributed by atoms with Crippen LogP contribution in [0, 0.1) is 23.7 Å². The average Bonchev–Trinajstić information content (AvgIpc) is 3.26. The van der Waals surface area contributed by atoms with E-state index in [2.05, 4.69) is 44.2 Å². The number of unbranched alkanes of at least 4 members (excludes halogenated alkanes) is 5. The number of hydrogen-bond acceptors (Lipinski definition) is 8. The van der Waals surface area contributed by atoms with Crippen LogP contribution in [-0.2, 0) is 9.59 Å². The molecule has 4 aromatic rings. The van der Waals surface area contributed by atoms with Crippen LogP contribution in [0.3, 0.4) is 0 Å². The third-order valence-electron chi connectivity index (χ3n) is 14.5. The van der Waals surface area contributed by atoms with E-state index < -0.39 is 12.2 Å². The van der Waals surface area contributed by atoms with Crippen LogP contribution >= 0.6 is 0 Å². The number of aliphatic hydroxyl groups excluding tert-OH is 2. The third kappa shape index (κ3) is 8.67. The van der Waals surface area contributed by atoms with Crippen molar-refractivity contribution in [2.45, 2.75) is 128 Å². The summed E-state index contributed by atoms with van der Waals surface area (Å²) >= 11 is 0. The Morgan fingerprint density at radius 1 is 0.655 bits per heavy atom. The molecule has 10 nitrogen and oxygen atoms in total. The molecule has 6 saturated heterocycles. The third-order valence-corrected chi connectivity index (χ3v) is 14.5. The lowest BCUT2D eigenvalue weighted by Gasteiger charge is -2.51. The number of fused-ring (bicyclic) bond motifs is 8. The molecule has 10 atom stereocenters. The summed E-state index contributed by atoms with van der Waals surface area (Å²) in [5, 5.41) is 31.3. The lowest BCUT2D eigenvalue weighted by molar-refractivity contribution is -0.117. The average molecular weight is 789 g/mol. The minimum atomic E-state index is -0.587. The van der Waals surface area contributed by atoms with Gasteiger partial charge in [0.25, 0.3) is 0 Å². The highest BCUT2D eigenvalue weighted by Gasteiger charge is 2.44. The topological polar surface area (TPSA) is 131 Å². The van der Waals surface area contributed by atoms with Crippen LogP contribution in [0.4, 0.5) is 11.4 Å². The monoisotopic (exact) mass is 788 g/mol. The van der Waals surface area contributed by atoms with E-state index in [1.54, 1.807) is 12.4 Å². The summed E-state index contributed by atoms with van der Waals surface area (Å²) in [6.45, 7) is 8.82. The van der Waals surface area contributed by atoms with Crippen LogP contribution in [0.25, 0.3) is 21.8 Å². The fourth-order valence-electron chi connectivity index (χ4n) is 11.2. The second kappa shape index (κ2) is 18.5. The zero-order valence-electron chi connectivity index (χ0n) is 34.6. The molecule has 0 radical (unpaired) electrons. The number of nitrogens with zero attached hydrogens (tertiary/aromatic N) is 4. The summed E-state index contributed by atoms with van der Waals surface area (Å²) < 4.78 is 0. The Balaban J connectivity index is 0.757. The molecule has 58 heavy (non-hydrogen) atoms. The molecule has 2 aromatic heterocycles. The maximum atomic E-state index is 13.0. The van der Waals surface area contributed by atoms with Crippen molar-refractivity contribution in [2.75, 3.05) is 36.8 Å². The molecule has 2 aromatic carbocycles. The number of hydrogen-bond donors (Lipinski definition) is 4. The minimum absolute atomic E-state index is 0.0216. The SMILES string of the molecule is CC[C@@H]1CN2CC[C@@H]1C[C@@H]2C(O)c1ccnc2c(NC(=O)CCCCCCCCC(=O)Nc3cccc4c(C(O)[C@@H]5C[C@@H]6CCN5C[C@@H]6CC)ccnc34)cccc12. The molecule has 0 aliphatic carbocycles. The number of aromatic nitrogens is 2. The summed E-state index contributed by atoms with van der Waals surface area (Å²) in [5.41, 5.74) is 4.62. The molecule has 10 rings (SSSR count). The molecule has 4 unspecified atom stereocenters. The van der Waals surface area contributed by atoms with Crippen LogP contribution in [-0.4, -0.2) is 80.1 Å². The van der Waals surface area contributed by atoms with Gasteiger partial charge in [-0.05, 0) is 111 Å². The van der Waals surface area contributed by atoms with Gasteiger partial charge in [0.2, 0.25) is 11.8 Å². The molecule has 6 fully saturated rings. The van der Waals surface area contributed by atoms with E-state index in [0.29, 0.717) is 36.1 Å². The lowest BCUT2D eigenvalue weighted by atomic mass is 9.72. The standard InChI is InChI=1S/C48H64N6O4/c1-3-31-29-53-25-21-33(31)27-41(53)47(57)37-19-23-49-45-35(37)13-11-15-39(45)51-43(55)17-9-7-5-6-8-10-18-44(56)52-40-16-12-14-36-38(20-24-50-46(36)40)48(58)42-28-34-22-26-54(42)30-32(34)4-2/h11-16,19-20,23-24,31-34,41-42,47-48,57-58H,3-10,17-18,21-22,25-30H2,1-2H3,(H,51,55)(H,52,56)/t31-,32+,33-,34+,41-,42+,47?,48?. The second-order valence-electron chi connectivity index (χ2n) is 17.8. The maximum absolute atomic E-state index is 13.0. The van der Waals surface area contributed by atoms with Crippen LogP contribution in [0.5, 0.6) is 0 Å². The van der Waals surface area contributed by atoms with Crippen LogP contribution in [0.1, 0.15) is 127 Å². The van der Waals surface area contributed by atoms with E-state index in [-0.39, 0.29) is 23.9 Å². The predicted octanol–water partition coefficient (Wildman–Crippen LogP) is 8.79. The Morgan fingerprint density at radius 2 is 1.09 bits per heavy atom. The van der Waals surface area contributed by atoms with Crippen molar-refractivity contribution in [3.63, 3.8) is 0 Å². The number of benzene rings is 2. The van der Waals surface area contributed by atoms with Gasteiger partial charge in [0.05, 0.1) is 34.6 Å². The molecule has 10 heteroatoms. The number of amides is 2. The van der Waals surface area contributed by atoms with Gasteiger partial charge in [0.1, 0.15) is 0 Å². The summed E-state index contributed by atoms with van der Waals surface area (Å²) in [6.07, 6.45) is 15.7. The molecule has 6 aliphatic rings. The smallest absolute Gasteiger partial charge is 0.224 e. The molecule has 2 amide bonds. The number of anilines is 2. The molecular formula is C48H64N6O4. The highest BCUT2D eigenvalue weighted by Crippen LogP contribution is 2.44. The summed E-state index contributed by atoms with van der Waals surface area (Å²) in [4.78, 5) is 40.3. The molecule has 4 N–H and O–H groups in total. The lowest BCUT2D eigenvalue weighted by Crippen LogP contribution is -2.55. The first-order valence-electron chi connectivity index (χ1n) is 22.5. The van der Waals surface area contributed by atoms with Crippen molar-refractivity contribution in [1.29, 1.82) is 0 Å². The fourth-order valence-corrected chi connectivity index (χ4v) is 11.2.